The molecule has 0 aliphatic rings. The van der Waals surface area contributed by atoms with Crippen LogP contribution in [0.3, 0.4) is 0 Å². The Morgan fingerprint density at radius 1 is 1.44 bits per heavy atom. The van der Waals surface area contributed by atoms with Gasteiger partial charge in [0.1, 0.15) is 5.82 Å². The maximum Gasteiger partial charge on any atom is 0.182 e. The number of tetrazole rings is 1. The van der Waals surface area contributed by atoms with Gasteiger partial charge in [-0.2, -0.15) is 0 Å². The van der Waals surface area contributed by atoms with Gasteiger partial charge >= 0.3 is 0 Å². The number of rotatable bonds is 2. The zero-order valence-electron chi connectivity index (χ0n) is 9.11. The number of anilines is 1. The summed E-state index contributed by atoms with van der Waals surface area (Å²) >= 11 is 0. The minimum atomic E-state index is -0.347. The molecule has 16 heavy (non-hydrogen) atoms. The van der Waals surface area contributed by atoms with Crippen LogP contribution in [0.5, 0.6) is 0 Å². The molecule has 0 spiro atoms. The van der Waals surface area contributed by atoms with E-state index in [2.05, 4.69) is 15.5 Å². The SMILES string of the molecule is CCn1nnnc1-c1cc(N)c(C)c(F)c1. The van der Waals surface area contributed by atoms with Gasteiger partial charge < -0.3 is 5.73 Å². The zero-order valence-corrected chi connectivity index (χ0v) is 9.11. The van der Waals surface area contributed by atoms with Gasteiger partial charge in [0.15, 0.2) is 5.82 Å². The molecular weight excluding hydrogens is 209 g/mol. The number of hydrogen-bond acceptors (Lipinski definition) is 4. The molecule has 1 aromatic carbocycles. The van der Waals surface area contributed by atoms with Crippen LogP contribution in [0.25, 0.3) is 11.4 Å². The number of nitrogens with zero attached hydrogens (tertiary/aromatic N) is 4. The largest absolute Gasteiger partial charge is 0.398 e. The minimum Gasteiger partial charge on any atom is -0.398 e. The topological polar surface area (TPSA) is 69.6 Å². The highest BCUT2D eigenvalue weighted by Gasteiger charge is 2.11. The predicted octanol–water partition coefficient (Wildman–Crippen LogP) is 1.39. The van der Waals surface area contributed by atoms with E-state index in [-0.39, 0.29) is 5.82 Å². The van der Waals surface area contributed by atoms with Gasteiger partial charge in [0.25, 0.3) is 0 Å². The molecule has 1 aromatic heterocycles. The molecule has 0 saturated carbocycles. The van der Waals surface area contributed by atoms with Crippen LogP contribution in [0.1, 0.15) is 12.5 Å². The Morgan fingerprint density at radius 3 is 2.81 bits per heavy atom. The molecule has 0 fully saturated rings. The number of nitrogen functional groups attached to an aromatic ring is 1. The highest BCUT2D eigenvalue weighted by molar-refractivity contribution is 5.63. The van der Waals surface area contributed by atoms with Crippen LogP contribution < -0.4 is 5.73 Å². The first-order chi connectivity index (χ1) is 7.63. The summed E-state index contributed by atoms with van der Waals surface area (Å²) in [7, 11) is 0. The average Bonchev–Trinajstić information content (AvgIpc) is 2.73. The molecule has 0 radical (unpaired) electrons. The molecule has 0 aliphatic carbocycles. The van der Waals surface area contributed by atoms with Gasteiger partial charge in [0.05, 0.1) is 0 Å². The second-order valence-corrected chi connectivity index (χ2v) is 3.49. The number of aryl methyl sites for hydroxylation is 1. The molecule has 2 rings (SSSR count). The van der Waals surface area contributed by atoms with Crippen LogP contribution in [0.2, 0.25) is 0 Å². The van der Waals surface area contributed by atoms with Crippen molar-refractivity contribution in [2.75, 3.05) is 5.73 Å². The molecule has 5 nitrogen and oxygen atoms in total. The van der Waals surface area contributed by atoms with E-state index in [1.165, 1.54) is 6.07 Å². The lowest BCUT2D eigenvalue weighted by Gasteiger charge is -2.06. The Bertz CT molecular complexity index is 497. The van der Waals surface area contributed by atoms with Crippen molar-refractivity contribution in [2.45, 2.75) is 20.4 Å². The van der Waals surface area contributed by atoms with E-state index in [1.54, 1.807) is 17.7 Å². The molecule has 84 valence electrons. The fraction of sp³-hybridized carbons (Fsp3) is 0.300. The first kappa shape index (κ1) is 10.5. The molecule has 1 heterocycles. The Kier molecular flexibility index (Phi) is 2.55. The van der Waals surface area contributed by atoms with Crippen LogP contribution in [-0.4, -0.2) is 20.2 Å². The second kappa shape index (κ2) is 3.88. The van der Waals surface area contributed by atoms with Gasteiger partial charge in [-0.05, 0) is 36.4 Å². The Morgan fingerprint density at radius 2 is 2.19 bits per heavy atom. The standard InChI is InChI=1S/C10H12FN5/c1-3-16-10(13-14-15-16)7-4-8(11)6(2)9(12)5-7/h4-5H,3,12H2,1-2H3. The van der Waals surface area contributed by atoms with Crippen molar-refractivity contribution >= 4 is 5.69 Å². The minimum absolute atomic E-state index is 0.347. The normalized spacial score (nSPS) is 10.7. The van der Waals surface area contributed by atoms with Crippen molar-refractivity contribution in [3.05, 3.63) is 23.5 Å². The van der Waals surface area contributed by atoms with Crippen LogP contribution in [-0.2, 0) is 6.54 Å². The van der Waals surface area contributed by atoms with E-state index in [9.17, 15) is 4.39 Å². The van der Waals surface area contributed by atoms with E-state index in [1.807, 2.05) is 6.92 Å². The summed E-state index contributed by atoms with van der Waals surface area (Å²) in [6.07, 6.45) is 0. The molecule has 0 atom stereocenters. The number of aromatic nitrogens is 4. The van der Waals surface area contributed by atoms with Gasteiger partial charge in [-0.1, -0.05) is 0 Å². The maximum atomic E-state index is 13.5. The lowest BCUT2D eigenvalue weighted by atomic mass is 10.1. The zero-order chi connectivity index (χ0) is 11.7. The van der Waals surface area contributed by atoms with E-state index in [0.29, 0.717) is 29.2 Å². The van der Waals surface area contributed by atoms with Crippen molar-refractivity contribution in [1.82, 2.24) is 20.2 Å². The summed E-state index contributed by atoms with van der Waals surface area (Å²) in [5.74, 6) is 0.175. The van der Waals surface area contributed by atoms with E-state index in [0.717, 1.165) is 0 Å². The Balaban J connectivity index is 2.57. The van der Waals surface area contributed by atoms with Crippen molar-refractivity contribution in [2.24, 2.45) is 0 Å². The molecule has 2 N–H and O–H groups in total. The van der Waals surface area contributed by atoms with Gasteiger partial charge in [-0.15, -0.1) is 5.10 Å². The highest BCUT2D eigenvalue weighted by Crippen LogP contribution is 2.24. The third-order valence-electron chi connectivity index (χ3n) is 2.47. The molecule has 0 bridgehead atoms. The van der Waals surface area contributed by atoms with Crippen LogP contribution in [0, 0.1) is 12.7 Å². The Labute approximate surface area is 92.1 Å². The third-order valence-corrected chi connectivity index (χ3v) is 2.47. The summed E-state index contributed by atoms with van der Waals surface area (Å²) in [4.78, 5) is 0. The van der Waals surface area contributed by atoms with Crippen molar-refractivity contribution in [3.63, 3.8) is 0 Å². The summed E-state index contributed by atoms with van der Waals surface area (Å²) in [6.45, 7) is 4.17. The number of halogens is 1. The van der Waals surface area contributed by atoms with Crippen LogP contribution in [0.4, 0.5) is 10.1 Å². The van der Waals surface area contributed by atoms with Crippen LogP contribution in [0.15, 0.2) is 12.1 Å². The lowest BCUT2D eigenvalue weighted by Crippen LogP contribution is -2.01. The fourth-order valence-electron chi connectivity index (χ4n) is 1.45. The number of nitrogens with two attached hydrogens (primary N) is 1. The number of benzene rings is 1. The Hall–Kier alpha value is -1.98. The van der Waals surface area contributed by atoms with E-state index >= 15 is 0 Å². The third kappa shape index (κ3) is 1.62. The van der Waals surface area contributed by atoms with Crippen LogP contribution >= 0.6 is 0 Å². The van der Waals surface area contributed by atoms with Crippen molar-refractivity contribution in [3.8, 4) is 11.4 Å². The van der Waals surface area contributed by atoms with Gasteiger partial charge in [0.2, 0.25) is 0 Å². The summed E-state index contributed by atoms with van der Waals surface area (Å²) < 4.78 is 15.1. The van der Waals surface area contributed by atoms with E-state index in [4.69, 9.17) is 5.73 Å². The highest BCUT2D eigenvalue weighted by atomic mass is 19.1. The molecule has 0 amide bonds. The summed E-state index contributed by atoms with van der Waals surface area (Å²) in [5.41, 5.74) is 7.14. The van der Waals surface area contributed by atoms with Gasteiger partial charge in [-0.3, -0.25) is 0 Å². The monoisotopic (exact) mass is 221 g/mol. The summed E-state index contributed by atoms with van der Waals surface area (Å²) in [5, 5.41) is 11.2. The molecular formula is C10H12FN5. The van der Waals surface area contributed by atoms with Gasteiger partial charge in [0, 0.05) is 23.4 Å². The first-order valence-electron chi connectivity index (χ1n) is 4.95. The first-order valence-corrected chi connectivity index (χ1v) is 4.95. The quantitative estimate of drug-likeness (QED) is 0.778. The van der Waals surface area contributed by atoms with Gasteiger partial charge in [-0.25, -0.2) is 9.07 Å². The average molecular weight is 221 g/mol. The smallest absolute Gasteiger partial charge is 0.182 e. The predicted molar refractivity (Wildman–Crippen MR) is 58.0 cm³/mol. The summed E-state index contributed by atoms with van der Waals surface area (Å²) in [6, 6.07) is 3.07. The number of hydrogen-bond donors (Lipinski definition) is 1. The molecule has 6 heteroatoms. The molecule has 2 aromatic rings. The maximum absolute atomic E-state index is 13.5. The second-order valence-electron chi connectivity index (χ2n) is 3.49. The van der Waals surface area contributed by atoms with Crippen molar-refractivity contribution < 1.29 is 4.39 Å². The molecule has 0 saturated heterocycles. The molecule has 0 aliphatic heterocycles. The van der Waals surface area contributed by atoms with E-state index < -0.39 is 0 Å². The van der Waals surface area contributed by atoms with Crippen molar-refractivity contribution in [1.29, 1.82) is 0 Å². The molecule has 0 unspecified atom stereocenters. The fourth-order valence-corrected chi connectivity index (χ4v) is 1.45. The lowest BCUT2D eigenvalue weighted by molar-refractivity contribution is 0.617.